The third-order valence-corrected chi connectivity index (χ3v) is 4.73. The highest BCUT2D eigenvalue weighted by Gasteiger charge is 2.38. The van der Waals surface area contributed by atoms with Crippen LogP contribution in [-0.4, -0.2) is 34.8 Å². The standard InChI is InChI=1S/C2H8O6P2.HO3P/c1-2(9(3,4)5)10(6,7)8;1-4(2)3/h2H,1H3,(H2,3,4,5)(H2,6,7,8);(H-,1,2,3)/p+1. The van der Waals surface area contributed by atoms with E-state index in [1.165, 1.54) is 0 Å². The van der Waals surface area contributed by atoms with Crippen molar-refractivity contribution >= 4 is 23.4 Å². The minimum atomic E-state index is -4.64. The third kappa shape index (κ3) is 10.4. The molecule has 0 fully saturated rings. The van der Waals surface area contributed by atoms with Crippen LogP contribution < -0.4 is 0 Å². The summed E-state index contributed by atoms with van der Waals surface area (Å²) in [4.78, 5) is 47.2. The van der Waals surface area contributed by atoms with Gasteiger partial charge in [-0.25, -0.2) is 0 Å². The van der Waals surface area contributed by atoms with Gasteiger partial charge in [-0.15, -0.1) is 9.79 Å². The summed E-state index contributed by atoms with van der Waals surface area (Å²) in [6.45, 7) is 0.807. The van der Waals surface area contributed by atoms with E-state index in [2.05, 4.69) is 0 Å². The molecule has 86 valence electrons. The van der Waals surface area contributed by atoms with Gasteiger partial charge in [0.1, 0.15) is 0 Å². The molecule has 0 aromatic heterocycles. The van der Waals surface area contributed by atoms with Gasteiger partial charge in [-0.2, -0.15) is 0 Å². The van der Waals surface area contributed by atoms with E-state index in [9.17, 15) is 9.13 Å². The van der Waals surface area contributed by atoms with Crippen LogP contribution in [0.15, 0.2) is 0 Å². The first-order chi connectivity index (χ1) is 5.89. The van der Waals surface area contributed by atoms with Crippen molar-refractivity contribution in [2.75, 3.05) is 0 Å². The molecule has 0 saturated heterocycles. The predicted molar refractivity (Wildman–Crippen MR) is 45.6 cm³/mol. The molecule has 0 aromatic carbocycles. The minimum absolute atomic E-state index is 0.807. The van der Waals surface area contributed by atoms with Crippen LogP contribution >= 0.6 is 23.4 Å². The first-order valence-electron chi connectivity index (χ1n) is 2.84. The monoisotopic (exact) mass is 271 g/mol. The van der Waals surface area contributed by atoms with Gasteiger partial charge in [0.05, 0.1) is 0 Å². The summed E-state index contributed by atoms with van der Waals surface area (Å²) in [5.74, 6) is 0. The van der Waals surface area contributed by atoms with Crippen LogP contribution in [0.1, 0.15) is 6.92 Å². The zero-order valence-electron chi connectivity index (χ0n) is 6.83. The van der Waals surface area contributed by atoms with Gasteiger partial charge >= 0.3 is 23.4 Å². The Balaban J connectivity index is 0. The zero-order valence-corrected chi connectivity index (χ0v) is 9.51. The Morgan fingerprint density at radius 2 is 1.14 bits per heavy atom. The summed E-state index contributed by atoms with van der Waals surface area (Å²) in [5, 5.41) is -1.90. The molecule has 0 aliphatic heterocycles. The van der Waals surface area contributed by atoms with Crippen molar-refractivity contribution in [1.29, 1.82) is 0 Å². The molecule has 0 radical (unpaired) electrons. The molecular weight excluding hydrogens is 261 g/mol. The lowest BCUT2D eigenvalue weighted by Crippen LogP contribution is -2.02. The van der Waals surface area contributed by atoms with Gasteiger partial charge in [-0.05, 0) is 6.92 Å². The molecule has 0 aliphatic rings. The Hall–Kier alpha value is 0.320. The minimum Gasteiger partial charge on any atom is -0.324 e. The average Bonchev–Trinajstić information content (AvgIpc) is 1.80. The molecule has 0 aromatic rings. The summed E-state index contributed by atoms with van der Waals surface area (Å²) in [5.41, 5.74) is 0. The molecule has 9 nitrogen and oxygen atoms in total. The molecule has 0 atom stereocenters. The molecule has 0 aliphatic carbocycles. The second-order valence-electron chi connectivity index (χ2n) is 2.06. The van der Waals surface area contributed by atoms with Gasteiger partial charge in [0.15, 0.2) is 5.40 Å². The van der Waals surface area contributed by atoms with Crippen molar-refractivity contribution in [2.24, 2.45) is 0 Å². The van der Waals surface area contributed by atoms with E-state index in [0.29, 0.717) is 0 Å². The van der Waals surface area contributed by atoms with Crippen LogP contribution in [0.2, 0.25) is 0 Å². The zero-order chi connectivity index (χ0) is 12.2. The van der Waals surface area contributed by atoms with E-state index >= 15 is 0 Å². The lowest BCUT2D eigenvalue weighted by atomic mass is 11.0. The first kappa shape index (κ1) is 16.7. The molecule has 0 saturated carbocycles. The summed E-state index contributed by atoms with van der Waals surface area (Å²) in [7, 11) is -12.2. The van der Waals surface area contributed by atoms with Gasteiger partial charge < -0.3 is 19.6 Å². The molecule has 6 N–H and O–H groups in total. The van der Waals surface area contributed by atoms with E-state index < -0.39 is 28.8 Å². The maximum Gasteiger partial charge on any atom is 0.692 e. The average molecular weight is 271 g/mol. The van der Waals surface area contributed by atoms with E-state index in [-0.39, 0.29) is 0 Å². The lowest BCUT2D eigenvalue weighted by Gasteiger charge is -2.13. The third-order valence-electron chi connectivity index (χ3n) is 0.974. The van der Waals surface area contributed by atoms with Crippen LogP contribution in [0.4, 0.5) is 0 Å². The summed E-state index contributed by atoms with van der Waals surface area (Å²) >= 11 is 0. The van der Waals surface area contributed by atoms with Crippen LogP contribution in [0.5, 0.6) is 0 Å². The maximum atomic E-state index is 10.2. The van der Waals surface area contributed by atoms with Crippen LogP contribution in [0.25, 0.3) is 0 Å². The molecule has 0 heterocycles. The highest BCUT2D eigenvalue weighted by Crippen LogP contribution is 2.59. The Labute approximate surface area is 79.7 Å². The van der Waals surface area contributed by atoms with Gasteiger partial charge in [0, 0.05) is 4.57 Å². The number of hydrogen-bond donors (Lipinski definition) is 6. The van der Waals surface area contributed by atoms with Crippen molar-refractivity contribution < 1.29 is 43.1 Å². The highest BCUT2D eigenvalue weighted by molar-refractivity contribution is 7.70. The highest BCUT2D eigenvalue weighted by atomic mass is 31.2. The topological polar surface area (TPSA) is 173 Å². The van der Waals surface area contributed by atoms with Gasteiger partial charge in [-0.1, -0.05) is 0 Å². The Bertz CT molecular complexity index is 246. The second-order valence-corrected chi connectivity index (χ2v) is 6.88. The largest absolute Gasteiger partial charge is 0.692 e. The molecular formula is C2H10O9P3+. The van der Waals surface area contributed by atoms with Crippen molar-refractivity contribution in [3.05, 3.63) is 0 Å². The van der Waals surface area contributed by atoms with E-state index in [4.69, 9.17) is 33.9 Å². The van der Waals surface area contributed by atoms with Crippen LogP contribution in [0.3, 0.4) is 0 Å². The lowest BCUT2D eigenvalue weighted by molar-refractivity contribution is 0.342. The van der Waals surface area contributed by atoms with Gasteiger partial charge in [0.25, 0.3) is 0 Å². The first-order valence-corrected chi connectivity index (χ1v) is 7.37. The maximum absolute atomic E-state index is 10.2. The fourth-order valence-corrected chi connectivity index (χ4v) is 1.76. The Kier molecular flexibility index (Phi) is 7.20. The molecule has 0 bridgehead atoms. The Morgan fingerprint density at radius 1 is 1.00 bits per heavy atom. The van der Waals surface area contributed by atoms with Crippen molar-refractivity contribution in [3.8, 4) is 0 Å². The molecule has 12 heteroatoms. The summed E-state index contributed by atoms with van der Waals surface area (Å²) < 4.78 is 29.1. The van der Waals surface area contributed by atoms with Gasteiger partial charge in [0.2, 0.25) is 0 Å². The summed E-state index contributed by atoms with van der Waals surface area (Å²) in [6, 6.07) is 0. The van der Waals surface area contributed by atoms with Crippen LogP contribution in [0, 0.1) is 0 Å². The van der Waals surface area contributed by atoms with Crippen molar-refractivity contribution in [1.82, 2.24) is 0 Å². The molecule has 0 amide bonds. The molecule has 0 spiro atoms. The number of hydrogen-bond acceptors (Lipinski definition) is 3. The molecule has 0 unspecified atom stereocenters. The fraction of sp³-hybridized carbons (Fsp3) is 1.00. The molecule has 0 rings (SSSR count). The van der Waals surface area contributed by atoms with E-state index in [1.54, 1.807) is 0 Å². The molecule has 14 heavy (non-hydrogen) atoms. The summed E-state index contributed by atoms with van der Waals surface area (Å²) in [6.07, 6.45) is 0. The second kappa shape index (κ2) is 6.02. The normalized spacial score (nSPS) is 12.0. The Morgan fingerprint density at radius 3 is 1.14 bits per heavy atom. The van der Waals surface area contributed by atoms with E-state index in [1.807, 2.05) is 0 Å². The number of rotatable bonds is 2. The van der Waals surface area contributed by atoms with E-state index in [0.717, 1.165) is 6.92 Å². The SMILES string of the molecule is CC(P(=O)(O)O)P(=O)(O)O.O=[P+](O)O. The van der Waals surface area contributed by atoms with Crippen molar-refractivity contribution in [3.63, 3.8) is 0 Å². The van der Waals surface area contributed by atoms with Crippen LogP contribution in [-0.2, 0) is 13.7 Å². The van der Waals surface area contributed by atoms with Gasteiger partial charge in [-0.3, -0.25) is 9.13 Å². The van der Waals surface area contributed by atoms with Crippen molar-refractivity contribution in [2.45, 2.75) is 12.3 Å². The smallest absolute Gasteiger partial charge is 0.324 e. The predicted octanol–water partition coefficient (Wildman–Crippen LogP) is -0.684. The fourth-order valence-electron chi connectivity index (χ4n) is 0.196. The quantitative estimate of drug-likeness (QED) is 0.355.